The molecule has 3 aliphatic heterocycles. The van der Waals surface area contributed by atoms with Gasteiger partial charge in [-0.3, -0.25) is 9.69 Å². The van der Waals surface area contributed by atoms with E-state index in [-0.39, 0.29) is 30.1 Å². The molecule has 3 fully saturated rings. The normalized spacial score (nSPS) is 25.9. The molecule has 0 aromatic heterocycles. The summed E-state index contributed by atoms with van der Waals surface area (Å²) in [6.07, 6.45) is 2.81. The second-order valence-corrected chi connectivity index (χ2v) is 8.10. The van der Waals surface area contributed by atoms with E-state index in [0.717, 1.165) is 45.4 Å². The number of rotatable bonds is 3. The Morgan fingerprint density at radius 1 is 1.18 bits per heavy atom. The smallest absolute Gasteiger partial charge is 0.318 e. The predicted molar refractivity (Wildman–Crippen MR) is 104 cm³/mol. The molecule has 0 bridgehead atoms. The zero-order valence-electron chi connectivity index (χ0n) is 16.3. The Labute approximate surface area is 165 Å². The SMILES string of the molecule is CC(=O)N1CCC2C(C1)NC(=O)N2C1CCN(Cc2ccc(C#N)cc2)CC1. The molecule has 0 spiro atoms. The number of hydrogen-bond acceptors (Lipinski definition) is 4. The van der Waals surface area contributed by atoms with Gasteiger partial charge in [0, 0.05) is 45.7 Å². The molecular weight excluding hydrogens is 354 g/mol. The fraction of sp³-hybridized carbons (Fsp3) is 0.571. The highest BCUT2D eigenvalue weighted by atomic mass is 16.2. The zero-order chi connectivity index (χ0) is 19.7. The Bertz CT molecular complexity index is 779. The van der Waals surface area contributed by atoms with Crippen molar-refractivity contribution in [3.63, 3.8) is 0 Å². The van der Waals surface area contributed by atoms with E-state index >= 15 is 0 Å². The third kappa shape index (κ3) is 3.69. The van der Waals surface area contributed by atoms with Crippen LogP contribution in [0.3, 0.4) is 0 Å². The Kier molecular flexibility index (Phi) is 5.23. The van der Waals surface area contributed by atoms with Gasteiger partial charge in [-0.1, -0.05) is 12.1 Å². The lowest BCUT2D eigenvalue weighted by atomic mass is 9.95. The van der Waals surface area contributed by atoms with Gasteiger partial charge in [-0.25, -0.2) is 4.79 Å². The maximum Gasteiger partial charge on any atom is 0.318 e. The molecule has 3 saturated heterocycles. The molecule has 148 valence electrons. The van der Waals surface area contributed by atoms with E-state index in [2.05, 4.69) is 21.2 Å². The predicted octanol–water partition coefficient (Wildman–Crippen LogP) is 1.54. The molecule has 4 rings (SSSR count). The van der Waals surface area contributed by atoms with Crippen molar-refractivity contribution in [2.75, 3.05) is 26.2 Å². The van der Waals surface area contributed by atoms with Crippen molar-refractivity contribution in [2.45, 2.75) is 50.9 Å². The summed E-state index contributed by atoms with van der Waals surface area (Å²) in [6.45, 7) is 5.76. The average Bonchev–Trinajstić information content (AvgIpc) is 3.04. The van der Waals surface area contributed by atoms with Gasteiger partial charge in [0.15, 0.2) is 0 Å². The fourth-order valence-electron chi connectivity index (χ4n) is 4.82. The minimum absolute atomic E-state index is 0.0333. The van der Waals surface area contributed by atoms with Gasteiger partial charge >= 0.3 is 6.03 Å². The monoisotopic (exact) mass is 381 g/mol. The fourth-order valence-corrected chi connectivity index (χ4v) is 4.82. The first-order valence-corrected chi connectivity index (χ1v) is 10.1. The Hall–Kier alpha value is -2.59. The Morgan fingerprint density at radius 3 is 2.54 bits per heavy atom. The molecule has 7 nitrogen and oxygen atoms in total. The number of benzene rings is 1. The standard InChI is InChI=1S/C21H27N5O2/c1-15(27)25-11-8-20-19(14-25)23-21(28)26(20)18-6-9-24(10-7-18)13-17-4-2-16(12-22)3-5-17/h2-5,18-20H,6-11,13-14H2,1H3,(H,23,28). The largest absolute Gasteiger partial charge is 0.341 e. The molecule has 0 aliphatic carbocycles. The van der Waals surface area contributed by atoms with Crippen LogP contribution in [0.4, 0.5) is 4.79 Å². The van der Waals surface area contributed by atoms with E-state index in [1.807, 2.05) is 29.2 Å². The van der Waals surface area contributed by atoms with Gasteiger partial charge in [0.2, 0.25) is 5.91 Å². The lowest BCUT2D eigenvalue weighted by Gasteiger charge is -2.42. The summed E-state index contributed by atoms with van der Waals surface area (Å²) in [6, 6.07) is 10.5. The van der Waals surface area contributed by atoms with Crippen LogP contribution in [0.15, 0.2) is 24.3 Å². The maximum atomic E-state index is 12.6. The first kappa shape index (κ1) is 18.8. The number of amides is 3. The number of piperidine rings is 2. The summed E-state index contributed by atoms with van der Waals surface area (Å²) in [5, 5.41) is 12.0. The zero-order valence-corrected chi connectivity index (χ0v) is 16.3. The van der Waals surface area contributed by atoms with Gasteiger partial charge in [-0.2, -0.15) is 5.26 Å². The summed E-state index contributed by atoms with van der Waals surface area (Å²) in [7, 11) is 0. The van der Waals surface area contributed by atoms with E-state index in [9.17, 15) is 9.59 Å². The van der Waals surface area contributed by atoms with E-state index in [1.165, 1.54) is 5.56 Å². The lowest BCUT2D eigenvalue weighted by molar-refractivity contribution is -0.130. The summed E-state index contributed by atoms with van der Waals surface area (Å²) >= 11 is 0. The third-order valence-corrected chi connectivity index (χ3v) is 6.36. The Morgan fingerprint density at radius 2 is 1.89 bits per heavy atom. The second-order valence-electron chi connectivity index (χ2n) is 8.10. The molecule has 1 N–H and O–H groups in total. The van der Waals surface area contributed by atoms with E-state index in [4.69, 9.17) is 5.26 Å². The molecule has 2 unspecified atom stereocenters. The first-order chi connectivity index (χ1) is 13.5. The van der Waals surface area contributed by atoms with E-state index < -0.39 is 0 Å². The van der Waals surface area contributed by atoms with Crippen molar-refractivity contribution < 1.29 is 9.59 Å². The highest BCUT2D eigenvalue weighted by molar-refractivity contribution is 5.79. The van der Waals surface area contributed by atoms with Crippen LogP contribution in [0.2, 0.25) is 0 Å². The van der Waals surface area contributed by atoms with Crippen LogP contribution in [0.1, 0.15) is 37.3 Å². The van der Waals surface area contributed by atoms with Crippen LogP contribution in [-0.4, -0.2) is 70.9 Å². The first-order valence-electron chi connectivity index (χ1n) is 10.1. The van der Waals surface area contributed by atoms with Crippen molar-refractivity contribution in [3.8, 4) is 6.07 Å². The number of likely N-dealkylation sites (tertiary alicyclic amines) is 2. The van der Waals surface area contributed by atoms with Crippen LogP contribution in [0.5, 0.6) is 0 Å². The number of nitriles is 1. The number of carbonyl (C=O) groups is 2. The molecule has 2 atom stereocenters. The van der Waals surface area contributed by atoms with Gasteiger partial charge in [0.25, 0.3) is 0 Å². The lowest BCUT2D eigenvalue weighted by Crippen LogP contribution is -2.55. The molecule has 0 saturated carbocycles. The molecule has 1 aromatic carbocycles. The molecule has 3 amide bonds. The van der Waals surface area contributed by atoms with Gasteiger partial charge in [-0.05, 0) is 37.0 Å². The second kappa shape index (κ2) is 7.80. The average molecular weight is 381 g/mol. The van der Waals surface area contributed by atoms with Crippen molar-refractivity contribution >= 4 is 11.9 Å². The van der Waals surface area contributed by atoms with Gasteiger partial charge in [0.1, 0.15) is 0 Å². The van der Waals surface area contributed by atoms with Crippen molar-refractivity contribution in [1.29, 1.82) is 5.26 Å². The number of carbonyl (C=O) groups excluding carboxylic acids is 2. The van der Waals surface area contributed by atoms with Crippen molar-refractivity contribution in [3.05, 3.63) is 35.4 Å². The summed E-state index contributed by atoms with van der Waals surface area (Å²) in [4.78, 5) is 30.6. The van der Waals surface area contributed by atoms with Gasteiger partial charge < -0.3 is 15.1 Å². The van der Waals surface area contributed by atoms with Gasteiger partial charge in [0.05, 0.1) is 23.7 Å². The number of fused-ring (bicyclic) bond motifs is 1. The van der Waals surface area contributed by atoms with Crippen molar-refractivity contribution in [2.24, 2.45) is 0 Å². The highest BCUT2D eigenvalue weighted by Gasteiger charge is 2.46. The van der Waals surface area contributed by atoms with E-state index in [1.54, 1.807) is 6.92 Å². The number of nitrogens with one attached hydrogen (secondary N) is 1. The quantitative estimate of drug-likeness (QED) is 0.861. The highest BCUT2D eigenvalue weighted by Crippen LogP contribution is 2.29. The molecule has 0 radical (unpaired) electrons. The summed E-state index contributed by atoms with van der Waals surface area (Å²) in [5.74, 6) is 0.0854. The number of hydrogen-bond donors (Lipinski definition) is 1. The molecule has 1 aromatic rings. The molecule has 28 heavy (non-hydrogen) atoms. The van der Waals surface area contributed by atoms with Gasteiger partial charge in [-0.15, -0.1) is 0 Å². The van der Waals surface area contributed by atoms with Crippen LogP contribution in [0.25, 0.3) is 0 Å². The molecule has 7 heteroatoms. The van der Waals surface area contributed by atoms with Crippen LogP contribution in [0, 0.1) is 11.3 Å². The molecule has 3 aliphatic rings. The summed E-state index contributed by atoms with van der Waals surface area (Å²) in [5.41, 5.74) is 1.90. The van der Waals surface area contributed by atoms with Crippen molar-refractivity contribution in [1.82, 2.24) is 20.0 Å². The summed E-state index contributed by atoms with van der Waals surface area (Å²) < 4.78 is 0. The number of urea groups is 1. The van der Waals surface area contributed by atoms with Crippen LogP contribution >= 0.6 is 0 Å². The maximum absolute atomic E-state index is 12.6. The minimum atomic E-state index is 0.0333. The van der Waals surface area contributed by atoms with Crippen LogP contribution in [-0.2, 0) is 11.3 Å². The number of nitrogens with zero attached hydrogens (tertiary/aromatic N) is 4. The molecular formula is C21H27N5O2. The molecule has 3 heterocycles. The third-order valence-electron chi connectivity index (χ3n) is 6.36. The van der Waals surface area contributed by atoms with E-state index in [0.29, 0.717) is 12.1 Å². The van der Waals surface area contributed by atoms with Crippen LogP contribution < -0.4 is 5.32 Å². The Balaban J connectivity index is 1.33. The topological polar surface area (TPSA) is 79.7 Å². The minimum Gasteiger partial charge on any atom is -0.341 e.